The summed E-state index contributed by atoms with van der Waals surface area (Å²) >= 11 is 0. The molecule has 0 saturated carbocycles. The average molecular weight is 376 g/mol. The van der Waals surface area contributed by atoms with Gasteiger partial charge in [-0.05, 0) is 37.1 Å². The van der Waals surface area contributed by atoms with E-state index in [1.54, 1.807) is 35.1 Å². The quantitative estimate of drug-likeness (QED) is 0.687. The number of aromatic nitrogens is 2. The summed E-state index contributed by atoms with van der Waals surface area (Å²) < 4.78 is 1.72. The van der Waals surface area contributed by atoms with Crippen molar-refractivity contribution in [1.82, 2.24) is 15.1 Å². The Morgan fingerprint density at radius 1 is 0.964 bits per heavy atom. The van der Waals surface area contributed by atoms with Gasteiger partial charge in [-0.15, -0.1) is 0 Å². The van der Waals surface area contributed by atoms with Crippen LogP contribution in [0.2, 0.25) is 0 Å². The second-order valence-corrected chi connectivity index (χ2v) is 6.99. The van der Waals surface area contributed by atoms with Gasteiger partial charge in [0.05, 0.1) is 34.4 Å². The first-order valence-electron chi connectivity index (χ1n) is 9.26. The molecule has 3 aromatic rings. The highest BCUT2D eigenvalue weighted by Crippen LogP contribution is 2.19. The molecule has 3 rings (SSSR count). The number of hydrogen-bond acceptors (Lipinski definition) is 3. The highest BCUT2D eigenvalue weighted by Gasteiger charge is 2.18. The first-order valence-corrected chi connectivity index (χ1v) is 9.26. The number of carbonyl (C=O) groups excluding carboxylic acids is 2. The molecule has 2 aromatic carbocycles. The van der Waals surface area contributed by atoms with E-state index in [0.717, 1.165) is 11.4 Å². The first kappa shape index (κ1) is 19.4. The maximum atomic E-state index is 12.8. The Labute approximate surface area is 164 Å². The number of hydrogen-bond donors (Lipinski definition) is 2. The number of benzene rings is 2. The maximum absolute atomic E-state index is 12.8. The number of anilines is 1. The van der Waals surface area contributed by atoms with E-state index in [9.17, 15) is 9.59 Å². The summed E-state index contributed by atoms with van der Waals surface area (Å²) in [4.78, 5) is 25.3. The van der Waals surface area contributed by atoms with Gasteiger partial charge in [-0.3, -0.25) is 9.59 Å². The Hall–Kier alpha value is -3.41. The molecule has 0 bridgehead atoms. The van der Waals surface area contributed by atoms with Gasteiger partial charge in [0.2, 0.25) is 0 Å². The van der Waals surface area contributed by atoms with Gasteiger partial charge in [0.15, 0.2) is 0 Å². The molecule has 0 aliphatic heterocycles. The van der Waals surface area contributed by atoms with Crippen LogP contribution in [0.5, 0.6) is 0 Å². The number of nitrogens with zero attached hydrogens (tertiary/aromatic N) is 2. The summed E-state index contributed by atoms with van der Waals surface area (Å²) in [5.74, 6) is -0.165. The first-order chi connectivity index (χ1) is 13.5. The lowest BCUT2D eigenvalue weighted by Crippen LogP contribution is -2.28. The average Bonchev–Trinajstić information content (AvgIpc) is 3.08. The Morgan fingerprint density at radius 2 is 1.64 bits per heavy atom. The van der Waals surface area contributed by atoms with Crippen LogP contribution in [0.15, 0.2) is 60.8 Å². The summed E-state index contributed by atoms with van der Waals surface area (Å²) in [5.41, 5.74) is 2.98. The number of rotatable bonds is 6. The third-order valence-corrected chi connectivity index (χ3v) is 4.35. The predicted molar refractivity (Wildman–Crippen MR) is 110 cm³/mol. The molecule has 0 saturated heterocycles. The van der Waals surface area contributed by atoms with Gasteiger partial charge in [0.25, 0.3) is 11.8 Å². The number of para-hydroxylation sites is 2. The Morgan fingerprint density at radius 3 is 2.36 bits per heavy atom. The molecule has 0 aliphatic rings. The van der Waals surface area contributed by atoms with E-state index in [-0.39, 0.29) is 11.8 Å². The lowest BCUT2D eigenvalue weighted by atomic mass is 10.1. The highest BCUT2D eigenvalue weighted by molar-refractivity contribution is 6.09. The fraction of sp³-hybridized carbons (Fsp3) is 0.227. The highest BCUT2D eigenvalue weighted by atomic mass is 16.2. The van der Waals surface area contributed by atoms with Crippen LogP contribution in [0, 0.1) is 12.8 Å². The molecule has 0 atom stereocenters. The smallest absolute Gasteiger partial charge is 0.259 e. The standard InChI is InChI=1S/C22H24N4O2/c1-15(2)13-23-21(27)18-11-7-8-12-20(18)25-22(28)19-14-24-26(16(19)3)17-9-5-4-6-10-17/h4-12,14-15H,13H2,1-3H3,(H,23,27)(H,25,28). The number of nitrogens with one attached hydrogen (secondary N) is 2. The van der Waals surface area contributed by atoms with Crippen LogP contribution >= 0.6 is 0 Å². The molecular weight excluding hydrogens is 352 g/mol. The Kier molecular flexibility index (Phi) is 5.89. The van der Waals surface area contributed by atoms with Crippen molar-refractivity contribution in [2.75, 3.05) is 11.9 Å². The Balaban J connectivity index is 1.81. The van der Waals surface area contributed by atoms with Gasteiger partial charge < -0.3 is 10.6 Å². The fourth-order valence-electron chi connectivity index (χ4n) is 2.83. The van der Waals surface area contributed by atoms with Crippen LogP contribution in [0.25, 0.3) is 5.69 Å². The summed E-state index contributed by atoms with van der Waals surface area (Å²) in [7, 11) is 0. The largest absolute Gasteiger partial charge is 0.352 e. The molecule has 0 spiro atoms. The topological polar surface area (TPSA) is 76.0 Å². The predicted octanol–water partition coefficient (Wildman–Crippen LogP) is 3.82. The molecule has 6 heteroatoms. The van der Waals surface area contributed by atoms with Crippen molar-refractivity contribution in [2.24, 2.45) is 5.92 Å². The zero-order valence-electron chi connectivity index (χ0n) is 16.3. The fourth-order valence-corrected chi connectivity index (χ4v) is 2.83. The SMILES string of the molecule is Cc1c(C(=O)Nc2ccccc2C(=O)NCC(C)C)cnn1-c1ccccc1. The molecule has 1 aromatic heterocycles. The lowest BCUT2D eigenvalue weighted by molar-refractivity contribution is 0.0950. The molecule has 0 fully saturated rings. The van der Waals surface area contributed by atoms with E-state index in [4.69, 9.17) is 0 Å². The second kappa shape index (κ2) is 8.52. The monoisotopic (exact) mass is 376 g/mol. The minimum Gasteiger partial charge on any atom is -0.352 e. The van der Waals surface area contributed by atoms with Crippen LogP contribution in [0.3, 0.4) is 0 Å². The van der Waals surface area contributed by atoms with E-state index >= 15 is 0 Å². The van der Waals surface area contributed by atoms with Crippen molar-refractivity contribution >= 4 is 17.5 Å². The number of amides is 2. The van der Waals surface area contributed by atoms with Gasteiger partial charge in [-0.2, -0.15) is 5.10 Å². The van der Waals surface area contributed by atoms with E-state index in [1.807, 2.05) is 51.1 Å². The minimum atomic E-state index is -0.302. The third-order valence-electron chi connectivity index (χ3n) is 4.35. The molecule has 0 radical (unpaired) electrons. The molecule has 6 nitrogen and oxygen atoms in total. The van der Waals surface area contributed by atoms with Gasteiger partial charge >= 0.3 is 0 Å². The van der Waals surface area contributed by atoms with Crippen molar-refractivity contribution in [3.05, 3.63) is 77.6 Å². The molecule has 1 heterocycles. The molecule has 28 heavy (non-hydrogen) atoms. The van der Waals surface area contributed by atoms with Crippen LogP contribution in [0.4, 0.5) is 5.69 Å². The van der Waals surface area contributed by atoms with E-state index in [1.165, 1.54) is 0 Å². The summed E-state index contributed by atoms with van der Waals surface area (Å²) in [6.45, 7) is 6.47. The maximum Gasteiger partial charge on any atom is 0.259 e. The van der Waals surface area contributed by atoms with Crippen LogP contribution in [0.1, 0.15) is 40.3 Å². The van der Waals surface area contributed by atoms with Crippen molar-refractivity contribution < 1.29 is 9.59 Å². The van der Waals surface area contributed by atoms with Gasteiger partial charge in [-0.1, -0.05) is 44.2 Å². The van der Waals surface area contributed by atoms with Crippen LogP contribution < -0.4 is 10.6 Å². The Bertz CT molecular complexity index is 977. The van der Waals surface area contributed by atoms with Crippen molar-refractivity contribution in [2.45, 2.75) is 20.8 Å². The lowest BCUT2D eigenvalue weighted by Gasteiger charge is -2.12. The molecule has 0 aliphatic carbocycles. The third kappa shape index (κ3) is 4.28. The van der Waals surface area contributed by atoms with Crippen LogP contribution in [-0.2, 0) is 0 Å². The molecule has 0 unspecified atom stereocenters. The zero-order valence-corrected chi connectivity index (χ0v) is 16.3. The van der Waals surface area contributed by atoms with Crippen molar-refractivity contribution in [3.8, 4) is 5.69 Å². The van der Waals surface area contributed by atoms with Crippen molar-refractivity contribution in [3.63, 3.8) is 0 Å². The summed E-state index contributed by atoms with van der Waals surface area (Å²) in [5, 5.41) is 10.1. The van der Waals surface area contributed by atoms with E-state index in [0.29, 0.717) is 29.3 Å². The molecular formula is C22H24N4O2. The minimum absolute atomic E-state index is 0.207. The van der Waals surface area contributed by atoms with E-state index in [2.05, 4.69) is 15.7 Å². The summed E-state index contributed by atoms with van der Waals surface area (Å²) in [6.07, 6.45) is 1.54. The van der Waals surface area contributed by atoms with Gasteiger partial charge in [0.1, 0.15) is 0 Å². The second-order valence-electron chi connectivity index (χ2n) is 6.99. The molecule has 2 N–H and O–H groups in total. The van der Waals surface area contributed by atoms with Crippen LogP contribution in [-0.4, -0.2) is 28.1 Å². The normalized spacial score (nSPS) is 10.7. The summed E-state index contributed by atoms with van der Waals surface area (Å²) in [6, 6.07) is 16.6. The van der Waals surface area contributed by atoms with E-state index < -0.39 is 0 Å². The van der Waals surface area contributed by atoms with Crippen molar-refractivity contribution in [1.29, 1.82) is 0 Å². The number of carbonyl (C=O) groups is 2. The molecule has 144 valence electrons. The van der Waals surface area contributed by atoms with Gasteiger partial charge in [0, 0.05) is 6.54 Å². The molecule has 2 amide bonds. The van der Waals surface area contributed by atoms with Gasteiger partial charge in [-0.25, -0.2) is 4.68 Å². The zero-order chi connectivity index (χ0) is 20.1.